The van der Waals surface area contributed by atoms with Gasteiger partial charge >= 0.3 is 0 Å². The predicted octanol–water partition coefficient (Wildman–Crippen LogP) is 3.96. The van der Waals surface area contributed by atoms with Crippen molar-refractivity contribution in [2.24, 2.45) is 35.5 Å². The minimum Gasteiger partial charge on any atom is -0.289 e. The average molecular weight is 427 g/mol. The van der Waals surface area contributed by atoms with Crippen LogP contribution in [0, 0.1) is 49.4 Å². The van der Waals surface area contributed by atoms with Gasteiger partial charge < -0.3 is 0 Å². The van der Waals surface area contributed by atoms with Gasteiger partial charge in [-0.05, 0) is 67.7 Å². The van der Waals surface area contributed by atoms with Crippen LogP contribution in [-0.4, -0.2) is 29.3 Å². The fraction of sp³-hybridized carbons (Fsp3) is 0.370. The van der Waals surface area contributed by atoms with Crippen LogP contribution in [0.4, 0.5) is 5.69 Å². The Labute approximate surface area is 187 Å². The number of aryl methyl sites for hydroxylation is 2. The molecule has 0 radical (unpaired) electrons. The molecule has 0 unspecified atom stereocenters. The molecule has 2 bridgehead atoms. The number of carbonyl (C=O) groups excluding carboxylic acids is 3. The minimum atomic E-state index is -0.256. The molecule has 3 fully saturated rings. The van der Waals surface area contributed by atoms with Crippen LogP contribution in [0.1, 0.15) is 27.9 Å². The van der Waals surface area contributed by atoms with Crippen LogP contribution >= 0.6 is 0 Å². The highest BCUT2D eigenvalue weighted by molar-refractivity contribution is 6.10. The summed E-state index contributed by atoms with van der Waals surface area (Å²) < 4.78 is 0. The zero-order valence-electron chi connectivity index (χ0n) is 18.3. The van der Waals surface area contributed by atoms with Crippen LogP contribution in [0.3, 0.4) is 0 Å². The van der Waals surface area contributed by atoms with Crippen LogP contribution in [0.15, 0.2) is 60.7 Å². The van der Waals surface area contributed by atoms with Crippen molar-refractivity contribution >= 4 is 23.4 Å². The fourth-order valence-electron chi connectivity index (χ4n) is 6.39. The first-order chi connectivity index (χ1) is 15.5. The lowest BCUT2D eigenvalue weighted by atomic mass is 9.63. The number of benzene rings is 2. The summed E-state index contributed by atoms with van der Waals surface area (Å²) in [6, 6.07) is 14.9. The van der Waals surface area contributed by atoms with Crippen LogP contribution in [-0.2, 0) is 9.59 Å². The van der Waals surface area contributed by atoms with Gasteiger partial charge in [-0.25, -0.2) is 0 Å². The van der Waals surface area contributed by atoms with Crippen molar-refractivity contribution in [3.63, 3.8) is 0 Å². The molecule has 5 aliphatic rings. The van der Waals surface area contributed by atoms with Gasteiger partial charge in [0.1, 0.15) is 6.67 Å². The summed E-state index contributed by atoms with van der Waals surface area (Å²) in [5, 5.41) is 0. The lowest BCUT2D eigenvalue weighted by Gasteiger charge is -2.37. The van der Waals surface area contributed by atoms with Gasteiger partial charge in [0.25, 0.3) is 5.91 Å². The molecule has 7 rings (SSSR count). The maximum Gasteiger partial charge on any atom is 0.259 e. The number of imide groups is 1. The Morgan fingerprint density at radius 2 is 1.56 bits per heavy atom. The van der Waals surface area contributed by atoms with E-state index in [9.17, 15) is 14.4 Å². The Hall–Kier alpha value is -3.21. The third-order valence-corrected chi connectivity index (χ3v) is 7.95. The summed E-state index contributed by atoms with van der Waals surface area (Å²) >= 11 is 0. The van der Waals surface area contributed by atoms with E-state index >= 15 is 0 Å². The molecule has 32 heavy (non-hydrogen) atoms. The minimum absolute atomic E-state index is 0.0446. The molecule has 1 heterocycles. The van der Waals surface area contributed by atoms with E-state index in [0.717, 1.165) is 23.2 Å². The third-order valence-electron chi connectivity index (χ3n) is 7.95. The SMILES string of the molecule is Cc1ccc(N(CN2C(=O)[C@@H]3[C@H]4C=C[C@@H]([C@@H]5C[C@@H]45)[C@@H]3C2=O)C(=O)c2ccccc2)c(C)c1. The molecule has 0 N–H and O–H groups in total. The zero-order valence-corrected chi connectivity index (χ0v) is 18.3. The van der Waals surface area contributed by atoms with Crippen LogP contribution in [0.2, 0.25) is 0 Å². The van der Waals surface area contributed by atoms with Gasteiger partial charge in [-0.3, -0.25) is 24.2 Å². The lowest BCUT2D eigenvalue weighted by Crippen LogP contribution is -2.45. The molecular weight excluding hydrogens is 400 g/mol. The Morgan fingerprint density at radius 3 is 2.16 bits per heavy atom. The molecule has 2 saturated carbocycles. The highest BCUT2D eigenvalue weighted by Gasteiger charge is 2.67. The van der Waals surface area contributed by atoms with Gasteiger partial charge in [0.15, 0.2) is 0 Å². The molecule has 162 valence electrons. The van der Waals surface area contributed by atoms with E-state index in [1.165, 1.54) is 4.90 Å². The highest BCUT2D eigenvalue weighted by atomic mass is 16.2. The summed E-state index contributed by atoms with van der Waals surface area (Å²) in [5.41, 5.74) is 3.30. The zero-order chi connectivity index (χ0) is 22.1. The molecule has 2 aromatic rings. The monoisotopic (exact) mass is 426 g/mol. The second-order valence-electron chi connectivity index (χ2n) is 9.79. The van der Waals surface area contributed by atoms with Gasteiger partial charge in [0.05, 0.1) is 11.8 Å². The molecule has 5 nitrogen and oxygen atoms in total. The number of hydrogen-bond acceptors (Lipinski definition) is 3. The Bertz CT molecular complexity index is 1130. The first-order valence-electron chi connectivity index (χ1n) is 11.4. The number of allylic oxidation sites excluding steroid dienone is 2. The van der Waals surface area contributed by atoms with E-state index in [2.05, 4.69) is 12.2 Å². The third kappa shape index (κ3) is 2.73. The van der Waals surface area contributed by atoms with E-state index in [0.29, 0.717) is 17.4 Å². The van der Waals surface area contributed by atoms with Crippen LogP contribution in [0.5, 0.6) is 0 Å². The number of likely N-dealkylation sites (tertiary alicyclic amines) is 1. The van der Waals surface area contributed by atoms with Crippen molar-refractivity contribution in [1.29, 1.82) is 0 Å². The number of carbonyl (C=O) groups is 3. The molecule has 5 heteroatoms. The summed E-state index contributed by atoms with van der Waals surface area (Å²) in [6.07, 6.45) is 5.48. The molecule has 2 aromatic carbocycles. The van der Waals surface area contributed by atoms with Crippen molar-refractivity contribution in [2.75, 3.05) is 11.6 Å². The van der Waals surface area contributed by atoms with Crippen molar-refractivity contribution in [3.8, 4) is 0 Å². The number of hydrogen-bond donors (Lipinski definition) is 0. The summed E-state index contributed by atoms with van der Waals surface area (Å²) in [5.74, 6) is 0.529. The van der Waals surface area contributed by atoms with Gasteiger partial charge in [0, 0.05) is 11.3 Å². The topological polar surface area (TPSA) is 57.7 Å². The lowest BCUT2D eigenvalue weighted by molar-refractivity contribution is -0.140. The second-order valence-corrected chi connectivity index (χ2v) is 9.79. The molecule has 3 amide bonds. The van der Waals surface area contributed by atoms with E-state index in [4.69, 9.17) is 0 Å². The second kappa shape index (κ2) is 6.89. The first-order valence-corrected chi connectivity index (χ1v) is 11.4. The van der Waals surface area contributed by atoms with Crippen molar-refractivity contribution in [3.05, 3.63) is 77.4 Å². The quantitative estimate of drug-likeness (QED) is 0.549. The van der Waals surface area contributed by atoms with E-state index in [-0.39, 0.29) is 48.1 Å². The van der Waals surface area contributed by atoms with E-state index in [1.807, 2.05) is 50.2 Å². The largest absolute Gasteiger partial charge is 0.289 e. The van der Waals surface area contributed by atoms with Crippen LogP contribution < -0.4 is 4.90 Å². The van der Waals surface area contributed by atoms with Gasteiger partial charge in [-0.1, -0.05) is 48.0 Å². The highest BCUT2D eigenvalue weighted by Crippen LogP contribution is 2.65. The van der Waals surface area contributed by atoms with Crippen molar-refractivity contribution in [2.45, 2.75) is 20.3 Å². The predicted molar refractivity (Wildman–Crippen MR) is 121 cm³/mol. The first kappa shape index (κ1) is 19.5. The van der Waals surface area contributed by atoms with Crippen molar-refractivity contribution in [1.82, 2.24) is 4.90 Å². The number of anilines is 1. The number of rotatable bonds is 4. The molecule has 0 aromatic heterocycles. The van der Waals surface area contributed by atoms with E-state index in [1.54, 1.807) is 17.0 Å². The standard InChI is InChI=1S/C27H26N2O3/c1-15-8-11-22(16(2)12-15)28(25(30)17-6-4-3-5-7-17)14-29-26(31)23-18-9-10-19(21-13-20(18)21)24(23)27(29)32/h3-12,18-21,23-24H,13-14H2,1-2H3/t18-,19-,20-,21-,23-,24+/m0/s1. The summed E-state index contributed by atoms with van der Waals surface area (Å²) in [6.45, 7) is 3.92. The normalized spacial score (nSPS) is 31.5. The smallest absolute Gasteiger partial charge is 0.259 e. The number of amides is 3. The Kier molecular flexibility index (Phi) is 4.19. The molecule has 0 spiro atoms. The van der Waals surface area contributed by atoms with Crippen molar-refractivity contribution < 1.29 is 14.4 Å². The van der Waals surface area contributed by atoms with Gasteiger partial charge in [0.2, 0.25) is 11.8 Å². The Balaban J connectivity index is 1.36. The van der Waals surface area contributed by atoms with Gasteiger partial charge in [-0.2, -0.15) is 0 Å². The maximum absolute atomic E-state index is 13.6. The van der Waals surface area contributed by atoms with Crippen LogP contribution in [0.25, 0.3) is 0 Å². The molecule has 1 aliphatic heterocycles. The molecule has 6 atom stereocenters. The average Bonchev–Trinajstić information content (AvgIpc) is 3.58. The summed E-state index contributed by atoms with van der Waals surface area (Å²) in [7, 11) is 0. The summed E-state index contributed by atoms with van der Waals surface area (Å²) in [4.78, 5) is 43.5. The maximum atomic E-state index is 13.6. The fourth-order valence-corrected chi connectivity index (χ4v) is 6.39. The van der Waals surface area contributed by atoms with E-state index < -0.39 is 0 Å². The van der Waals surface area contributed by atoms with Gasteiger partial charge in [-0.15, -0.1) is 0 Å². The Morgan fingerprint density at radius 1 is 0.938 bits per heavy atom. The molecule has 1 saturated heterocycles. The number of nitrogens with zero attached hydrogens (tertiary/aromatic N) is 2. The molecular formula is C27H26N2O3. The molecule has 4 aliphatic carbocycles.